The highest BCUT2D eigenvalue weighted by atomic mass is 127. The Morgan fingerprint density at radius 1 is 1.25 bits per heavy atom. The molecule has 0 atom stereocenters. The van der Waals surface area contributed by atoms with Crippen molar-refractivity contribution in [3.05, 3.63) is 67.3 Å². The molecule has 0 aliphatic heterocycles. The molecule has 0 fully saturated rings. The van der Waals surface area contributed by atoms with Crippen molar-refractivity contribution in [1.29, 1.82) is 0 Å². The summed E-state index contributed by atoms with van der Waals surface area (Å²) in [5, 5.41) is 10.8. The minimum Gasteiger partial charge on any atom is -0.383 e. The molecule has 0 saturated heterocycles. The Kier molecular flexibility index (Phi) is 4.33. The number of non-ortho nitro benzene ring substituents is 1. The van der Waals surface area contributed by atoms with E-state index in [4.69, 9.17) is 5.73 Å². The van der Waals surface area contributed by atoms with E-state index in [-0.39, 0.29) is 11.5 Å². The van der Waals surface area contributed by atoms with Gasteiger partial charge in [0.25, 0.3) is 5.69 Å². The molecule has 102 valence electrons. The lowest BCUT2D eigenvalue weighted by atomic mass is 10.2. The predicted molar refractivity (Wildman–Crippen MR) is 87.4 cm³/mol. The van der Waals surface area contributed by atoms with Crippen molar-refractivity contribution < 1.29 is 4.92 Å². The molecule has 0 heterocycles. The number of aryl methyl sites for hydroxylation is 1. The number of amidine groups is 1. The molecule has 0 unspecified atom stereocenters. The van der Waals surface area contributed by atoms with Crippen LogP contribution in [0.2, 0.25) is 0 Å². The van der Waals surface area contributed by atoms with E-state index in [1.165, 1.54) is 12.1 Å². The van der Waals surface area contributed by atoms with Crippen LogP contribution in [0.25, 0.3) is 0 Å². The van der Waals surface area contributed by atoms with Crippen LogP contribution in [0.1, 0.15) is 11.1 Å². The van der Waals surface area contributed by atoms with Crippen LogP contribution in [0, 0.1) is 20.6 Å². The highest BCUT2D eigenvalue weighted by molar-refractivity contribution is 14.1. The first-order chi connectivity index (χ1) is 9.45. The first-order valence-electron chi connectivity index (χ1n) is 5.82. The molecular weight excluding hydrogens is 369 g/mol. The van der Waals surface area contributed by atoms with Gasteiger partial charge in [-0.25, -0.2) is 4.99 Å². The van der Waals surface area contributed by atoms with E-state index in [2.05, 4.69) is 4.99 Å². The van der Waals surface area contributed by atoms with Crippen LogP contribution in [0.4, 0.5) is 11.4 Å². The lowest BCUT2D eigenvalue weighted by molar-refractivity contribution is -0.385. The van der Waals surface area contributed by atoms with Gasteiger partial charge in [0.2, 0.25) is 0 Å². The summed E-state index contributed by atoms with van der Waals surface area (Å²) in [6, 6.07) is 12.3. The predicted octanol–water partition coefficient (Wildman–Crippen LogP) is 3.54. The van der Waals surface area contributed by atoms with Crippen molar-refractivity contribution in [3.63, 3.8) is 0 Å². The molecule has 0 aromatic heterocycles. The monoisotopic (exact) mass is 381 g/mol. The number of nitrogens with zero attached hydrogens (tertiary/aromatic N) is 2. The summed E-state index contributed by atoms with van der Waals surface area (Å²) in [6.07, 6.45) is 0. The fraction of sp³-hybridized carbons (Fsp3) is 0.0714. The molecule has 0 amide bonds. The van der Waals surface area contributed by atoms with Gasteiger partial charge in [0.05, 0.1) is 10.6 Å². The molecule has 0 radical (unpaired) electrons. The topological polar surface area (TPSA) is 81.5 Å². The number of halogens is 1. The summed E-state index contributed by atoms with van der Waals surface area (Å²) in [4.78, 5) is 14.7. The van der Waals surface area contributed by atoms with Crippen LogP contribution < -0.4 is 5.73 Å². The van der Waals surface area contributed by atoms with Crippen LogP contribution in [-0.2, 0) is 0 Å². The maximum Gasteiger partial charge on any atom is 0.271 e. The second kappa shape index (κ2) is 6.00. The van der Waals surface area contributed by atoms with Crippen LogP contribution >= 0.6 is 22.6 Å². The maximum absolute atomic E-state index is 10.8. The van der Waals surface area contributed by atoms with Crippen LogP contribution in [-0.4, -0.2) is 10.8 Å². The Labute approximate surface area is 129 Å². The summed E-state index contributed by atoms with van der Waals surface area (Å²) in [6.45, 7) is 1.99. The van der Waals surface area contributed by atoms with Gasteiger partial charge in [-0.3, -0.25) is 10.1 Å². The molecule has 2 aromatic rings. The minimum absolute atomic E-state index is 0.00829. The molecular formula is C14H12IN3O2. The molecule has 20 heavy (non-hydrogen) atoms. The van der Waals surface area contributed by atoms with Crippen LogP contribution in [0.15, 0.2) is 47.5 Å². The second-order valence-corrected chi connectivity index (χ2v) is 5.53. The smallest absolute Gasteiger partial charge is 0.271 e. The number of nitro benzene ring substituents is 1. The van der Waals surface area contributed by atoms with Gasteiger partial charge in [-0.05, 0) is 47.7 Å². The molecule has 0 bridgehead atoms. The van der Waals surface area contributed by atoms with Crippen molar-refractivity contribution in [2.75, 3.05) is 0 Å². The molecule has 0 aliphatic carbocycles. The third kappa shape index (κ3) is 3.53. The van der Waals surface area contributed by atoms with E-state index >= 15 is 0 Å². The fourth-order valence-corrected chi connectivity index (χ4v) is 2.30. The molecule has 2 N–H and O–H groups in total. The lowest BCUT2D eigenvalue weighted by Gasteiger charge is -2.03. The molecule has 0 spiro atoms. The largest absolute Gasteiger partial charge is 0.383 e. The fourth-order valence-electron chi connectivity index (χ4n) is 1.65. The Balaban J connectivity index is 2.39. The van der Waals surface area contributed by atoms with Crippen molar-refractivity contribution in [2.24, 2.45) is 10.7 Å². The first-order valence-corrected chi connectivity index (χ1v) is 6.90. The number of aliphatic imine (C=N–C) groups is 1. The van der Waals surface area contributed by atoms with E-state index < -0.39 is 4.92 Å². The first kappa shape index (κ1) is 14.4. The molecule has 5 nitrogen and oxygen atoms in total. The van der Waals surface area contributed by atoms with Crippen molar-refractivity contribution >= 4 is 39.8 Å². The standard InChI is InChI=1S/C14H12IN3O2/c1-9-2-4-12(5-3-9)17-14(16)10-6-11(15)8-13(7-10)18(19)20/h2-8H,1H3,(H2,16,17). The van der Waals surface area contributed by atoms with E-state index in [1.54, 1.807) is 6.07 Å². The third-order valence-electron chi connectivity index (χ3n) is 2.67. The van der Waals surface area contributed by atoms with E-state index in [0.717, 1.165) is 14.8 Å². The highest BCUT2D eigenvalue weighted by Crippen LogP contribution is 2.20. The van der Waals surface area contributed by atoms with Gasteiger partial charge < -0.3 is 5.73 Å². The average Bonchev–Trinajstić information content (AvgIpc) is 2.40. The SMILES string of the molecule is Cc1ccc(N=C(N)c2cc(I)cc([N+](=O)[O-])c2)cc1. The lowest BCUT2D eigenvalue weighted by Crippen LogP contribution is -2.13. The zero-order valence-corrected chi connectivity index (χ0v) is 12.9. The number of hydrogen-bond donors (Lipinski definition) is 1. The average molecular weight is 381 g/mol. The zero-order chi connectivity index (χ0) is 14.7. The molecule has 6 heteroatoms. The highest BCUT2D eigenvalue weighted by Gasteiger charge is 2.10. The Bertz CT molecular complexity index is 681. The molecule has 2 rings (SSSR count). The third-order valence-corrected chi connectivity index (χ3v) is 3.30. The minimum atomic E-state index is -0.440. The number of nitro groups is 1. The van der Waals surface area contributed by atoms with Gasteiger partial charge in [-0.2, -0.15) is 0 Å². The summed E-state index contributed by atoms with van der Waals surface area (Å²) in [5.41, 5.74) is 8.33. The van der Waals surface area contributed by atoms with Crippen molar-refractivity contribution in [3.8, 4) is 0 Å². The zero-order valence-electron chi connectivity index (χ0n) is 10.7. The van der Waals surface area contributed by atoms with Gasteiger partial charge in [0.1, 0.15) is 5.84 Å². The van der Waals surface area contributed by atoms with Gasteiger partial charge in [-0.15, -0.1) is 0 Å². The summed E-state index contributed by atoms with van der Waals surface area (Å²) in [5.74, 6) is 0.260. The second-order valence-electron chi connectivity index (χ2n) is 4.29. The molecule has 0 saturated carbocycles. The summed E-state index contributed by atoms with van der Waals surface area (Å²) < 4.78 is 0.744. The number of hydrogen-bond acceptors (Lipinski definition) is 3. The Morgan fingerprint density at radius 2 is 1.90 bits per heavy atom. The van der Waals surface area contributed by atoms with E-state index in [9.17, 15) is 10.1 Å². The van der Waals surface area contributed by atoms with Crippen molar-refractivity contribution in [1.82, 2.24) is 0 Å². The van der Waals surface area contributed by atoms with Crippen molar-refractivity contribution in [2.45, 2.75) is 6.92 Å². The number of rotatable bonds is 3. The summed E-state index contributed by atoms with van der Waals surface area (Å²) >= 11 is 2.02. The van der Waals surface area contributed by atoms with Gasteiger partial charge in [0, 0.05) is 21.3 Å². The molecule has 0 aliphatic rings. The molecule has 2 aromatic carbocycles. The van der Waals surface area contributed by atoms with Gasteiger partial charge >= 0.3 is 0 Å². The van der Waals surface area contributed by atoms with Gasteiger partial charge in [0.15, 0.2) is 0 Å². The van der Waals surface area contributed by atoms with Gasteiger partial charge in [-0.1, -0.05) is 17.7 Å². The quantitative estimate of drug-likeness (QED) is 0.290. The summed E-state index contributed by atoms with van der Waals surface area (Å²) in [7, 11) is 0. The van der Waals surface area contributed by atoms with E-state index in [1.807, 2.05) is 53.8 Å². The van der Waals surface area contributed by atoms with E-state index in [0.29, 0.717) is 5.56 Å². The van der Waals surface area contributed by atoms with Crippen LogP contribution in [0.5, 0.6) is 0 Å². The maximum atomic E-state index is 10.8. The Hall–Kier alpha value is -1.96. The van der Waals surface area contributed by atoms with Crippen LogP contribution in [0.3, 0.4) is 0 Å². The number of benzene rings is 2. The number of nitrogens with two attached hydrogens (primary N) is 1. The normalized spacial score (nSPS) is 11.4. The Morgan fingerprint density at radius 3 is 2.50 bits per heavy atom.